The molecule has 2 N–H and O–H groups in total. The smallest absolute Gasteiger partial charge is 0.221 e. The zero-order chi connectivity index (χ0) is 9.54. The SMILES string of the molecule is Nc1ncc2cc3n(c2n1)CON=C3. The molecule has 70 valence electrons. The summed E-state index contributed by atoms with van der Waals surface area (Å²) in [6.07, 6.45) is 3.33. The summed E-state index contributed by atoms with van der Waals surface area (Å²) in [5.74, 6) is 0.265. The topological polar surface area (TPSA) is 78.3 Å². The summed E-state index contributed by atoms with van der Waals surface area (Å²) in [6, 6.07) is 1.95. The molecule has 0 aromatic carbocycles. The Bertz CT molecular complexity index is 530. The lowest BCUT2D eigenvalue weighted by molar-refractivity contribution is 0.0810. The number of rotatable bonds is 0. The van der Waals surface area contributed by atoms with Crippen LogP contribution in [0.1, 0.15) is 5.69 Å². The van der Waals surface area contributed by atoms with E-state index in [1.807, 2.05) is 10.6 Å². The van der Waals surface area contributed by atoms with E-state index in [1.54, 1.807) is 12.4 Å². The van der Waals surface area contributed by atoms with Crippen LogP contribution in [0.25, 0.3) is 11.0 Å². The van der Waals surface area contributed by atoms with E-state index in [-0.39, 0.29) is 5.95 Å². The first-order chi connectivity index (χ1) is 6.84. The summed E-state index contributed by atoms with van der Waals surface area (Å²) in [5.41, 5.74) is 7.23. The van der Waals surface area contributed by atoms with Gasteiger partial charge < -0.3 is 10.6 Å². The lowest BCUT2D eigenvalue weighted by Crippen LogP contribution is -2.09. The van der Waals surface area contributed by atoms with Gasteiger partial charge in [0, 0.05) is 11.6 Å². The quantitative estimate of drug-likeness (QED) is 0.648. The predicted octanol–water partition coefficient (Wildman–Crippen LogP) is 0.335. The molecule has 0 bridgehead atoms. The van der Waals surface area contributed by atoms with Gasteiger partial charge >= 0.3 is 0 Å². The summed E-state index contributed by atoms with van der Waals surface area (Å²) in [6.45, 7) is 0.367. The normalized spacial score (nSPS) is 14.0. The van der Waals surface area contributed by atoms with Gasteiger partial charge in [-0.1, -0.05) is 5.16 Å². The molecule has 0 radical (unpaired) electrons. The van der Waals surface area contributed by atoms with Gasteiger partial charge in [0.25, 0.3) is 0 Å². The van der Waals surface area contributed by atoms with Gasteiger partial charge in [-0.05, 0) is 6.07 Å². The molecule has 1 aliphatic heterocycles. The highest BCUT2D eigenvalue weighted by molar-refractivity contribution is 5.88. The number of nitrogen functional groups attached to an aromatic ring is 1. The average Bonchev–Trinajstić information content (AvgIpc) is 2.56. The lowest BCUT2D eigenvalue weighted by Gasteiger charge is -2.09. The zero-order valence-corrected chi connectivity index (χ0v) is 7.21. The Morgan fingerprint density at radius 1 is 1.50 bits per heavy atom. The fourth-order valence-corrected chi connectivity index (χ4v) is 1.50. The van der Waals surface area contributed by atoms with Crippen LogP contribution in [0.2, 0.25) is 0 Å². The second-order valence-electron chi connectivity index (χ2n) is 3.00. The van der Waals surface area contributed by atoms with Gasteiger partial charge in [-0.15, -0.1) is 0 Å². The van der Waals surface area contributed by atoms with Crippen LogP contribution in [-0.4, -0.2) is 20.7 Å². The van der Waals surface area contributed by atoms with Crippen molar-refractivity contribution >= 4 is 23.2 Å². The highest BCUT2D eigenvalue weighted by Crippen LogP contribution is 2.18. The van der Waals surface area contributed by atoms with E-state index >= 15 is 0 Å². The number of hydrogen-bond donors (Lipinski definition) is 1. The standard InChI is InChI=1S/C8H7N5O/c9-8-10-2-5-1-6-3-11-14-4-13(6)7(5)12-8/h1-3H,4H2,(H2,9,10,12). The summed E-state index contributed by atoms with van der Waals surface area (Å²) < 4.78 is 1.89. The minimum absolute atomic E-state index is 0.265. The van der Waals surface area contributed by atoms with Crippen molar-refractivity contribution in [2.45, 2.75) is 6.73 Å². The van der Waals surface area contributed by atoms with Crippen LogP contribution in [0.4, 0.5) is 5.95 Å². The first-order valence-electron chi connectivity index (χ1n) is 4.12. The van der Waals surface area contributed by atoms with Gasteiger partial charge in [-0.2, -0.15) is 4.98 Å². The van der Waals surface area contributed by atoms with Gasteiger partial charge in [0.1, 0.15) is 5.65 Å². The minimum atomic E-state index is 0.265. The van der Waals surface area contributed by atoms with Gasteiger partial charge in [-0.3, -0.25) is 4.57 Å². The highest BCUT2D eigenvalue weighted by atomic mass is 16.6. The van der Waals surface area contributed by atoms with Gasteiger partial charge in [0.2, 0.25) is 5.95 Å². The van der Waals surface area contributed by atoms with Crippen molar-refractivity contribution in [1.82, 2.24) is 14.5 Å². The van der Waals surface area contributed by atoms with Crippen molar-refractivity contribution in [2.24, 2.45) is 5.16 Å². The molecule has 3 heterocycles. The van der Waals surface area contributed by atoms with E-state index in [0.717, 1.165) is 16.7 Å². The summed E-state index contributed by atoms with van der Waals surface area (Å²) >= 11 is 0. The largest absolute Gasteiger partial charge is 0.373 e. The fraction of sp³-hybridized carbons (Fsp3) is 0.125. The number of anilines is 1. The second kappa shape index (κ2) is 2.44. The Morgan fingerprint density at radius 3 is 3.36 bits per heavy atom. The van der Waals surface area contributed by atoms with Crippen LogP contribution in [0.15, 0.2) is 17.4 Å². The number of oxime groups is 1. The summed E-state index contributed by atoms with van der Waals surface area (Å²) in [5, 5.41) is 4.65. The van der Waals surface area contributed by atoms with E-state index in [1.165, 1.54) is 0 Å². The molecule has 2 aromatic heterocycles. The first kappa shape index (κ1) is 7.31. The number of nitrogens with zero attached hydrogens (tertiary/aromatic N) is 4. The van der Waals surface area contributed by atoms with Crippen LogP contribution >= 0.6 is 0 Å². The molecule has 0 atom stereocenters. The number of hydrogen-bond acceptors (Lipinski definition) is 5. The van der Waals surface area contributed by atoms with Crippen molar-refractivity contribution in [3.63, 3.8) is 0 Å². The fourth-order valence-electron chi connectivity index (χ4n) is 1.50. The maximum Gasteiger partial charge on any atom is 0.221 e. The van der Waals surface area contributed by atoms with Crippen LogP contribution in [0, 0.1) is 0 Å². The molecule has 0 saturated carbocycles. The maximum absolute atomic E-state index is 5.51. The molecule has 14 heavy (non-hydrogen) atoms. The molecule has 0 saturated heterocycles. The molecule has 3 rings (SSSR count). The third-order valence-corrected chi connectivity index (χ3v) is 2.13. The molecule has 0 unspecified atom stereocenters. The molecule has 1 aliphatic rings. The Labute approximate surface area is 79.0 Å². The third-order valence-electron chi connectivity index (χ3n) is 2.13. The Kier molecular flexibility index (Phi) is 1.27. The van der Waals surface area contributed by atoms with Crippen LogP contribution in [-0.2, 0) is 11.6 Å². The van der Waals surface area contributed by atoms with Crippen LogP contribution in [0.3, 0.4) is 0 Å². The highest BCUT2D eigenvalue weighted by Gasteiger charge is 2.12. The van der Waals surface area contributed by atoms with E-state index in [2.05, 4.69) is 15.1 Å². The van der Waals surface area contributed by atoms with Crippen LogP contribution in [0.5, 0.6) is 0 Å². The number of aromatic nitrogens is 3. The molecule has 2 aromatic rings. The molecule has 6 nitrogen and oxygen atoms in total. The average molecular weight is 189 g/mol. The van der Waals surface area contributed by atoms with Crippen molar-refractivity contribution in [1.29, 1.82) is 0 Å². The Hall–Kier alpha value is -2.11. The molecule has 6 heteroatoms. The van der Waals surface area contributed by atoms with E-state index in [0.29, 0.717) is 6.73 Å². The van der Waals surface area contributed by atoms with Gasteiger partial charge in [0.15, 0.2) is 6.73 Å². The molecule has 0 spiro atoms. The molecule has 0 fully saturated rings. The zero-order valence-electron chi connectivity index (χ0n) is 7.21. The van der Waals surface area contributed by atoms with E-state index < -0.39 is 0 Å². The molecular formula is C8H7N5O. The molecule has 0 amide bonds. The van der Waals surface area contributed by atoms with Crippen molar-refractivity contribution in [3.05, 3.63) is 18.0 Å². The number of fused-ring (bicyclic) bond motifs is 3. The van der Waals surface area contributed by atoms with Crippen LogP contribution < -0.4 is 5.73 Å². The lowest BCUT2D eigenvalue weighted by atomic mass is 10.4. The predicted molar refractivity (Wildman–Crippen MR) is 50.6 cm³/mol. The third kappa shape index (κ3) is 0.875. The van der Waals surface area contributed by atoms with Crippen molar-refractivity contribution in [3.8, 4) is 0 Å². The maximum atomic E-state index is 5.51. The van der Waals surface area contributed by atoms with Crippen molar-refractivity contribution < 1.29 is 4.84 Å². The minimum Gasteiger partial charge on any atom is -0.373 e. The summed E-state index contributed by atoms with van der Waals surface area (Å²) in [4.78, 5) is 13.0. The Balaban J connectivity index is 2.39. The van der Waals surface area contributed by atoms with Gasteiger partial charge in [-0.25, -0.2) is 4.98 Å². The van der Waals surface area contributed by atoms with Crippen molar-refractivity contribution in [2.75, 3.05) is 5.73 Å². The van der Waals surface area contributed by atoms with Gasteiger partial charge in [0.05, 0.1) is 11.9 Å². The monoisotopic (exact) mass is 189 g/mol. The molecular weight excluding hydrogens is 182 g/mol. The molecule has 0 aliphatic carbocycles. The first-order valence-corrected chi connectivity index (χ1v) is 4.12. The summed E-state index contributed by atoms with van der Waals surface area (Å²) in [7, 11) is 0. The Morgan fingerprint density at radius 2 is 2.43 bits per heavy atom. The van der Waals surface area contributed by atoms with E-state index in [4.69, 9.17) is 10.6 Å². The second-order valence-corrected chi connectivity index (χ2v) is 3.00. The van der Waals surface area contributed by atoms with E-state index in [9.17, 15) is 0 Å². The number of nitrogens with two attached hydrogens (primary N) is 1.